The van der Waals surface area contributed by atoms with E-state index in [0.717, 1.165) is 68.2 Å². The molecule has 0 fully saturated rings. The smallest absolute Gasteiger partial charge is 0.161 e. The number of fused-ring (bicyclic) bond motifs is 8. The van der Waals surface area contributed by atoms with E-state index in [4.69, 9.17) is 19.4 Å². The molecule has 0 unspecified atom stereocenters. The second-order valence-corrected chi connectivity index (χ2v) is 15.2. The van der Waals surface area contributed by atoms with Crippen LogP contribution in [0.5, 0.6) is 0 Å². The minimum Gasteiger partial charge on any atom is -0.456 e. The molecule has 3 aromatic heterocycles. The molecule has 0 saturated carbocycles. The molecule has 10 rings (SSSR count). The fraction of sp³-hybridized carbons (Fsp3) is 0.183. The fourth-order valence-electron chi connectivity index (χ4n) is 8.64. The lowest BCUT2D eigenvalue weighted by atomic mass is 9.91. The molecule has 0 spiro atoms. The highest BCUT2D eigenvalue weighted by atomic mass is 16.3. The van der Waals surface area contributed by atoms with Crippen molar-refractivity contribution < 1.29 is 4.42 Å². The Kier molecular flexibility index (Phi) is 17.4. The third-order valence-corrected chi connectivity index (χ3v) is 11.4. The van der Waals surface area contributed by atoms with E-state index < -0.39 is 0 Å². The molecule has 0 amide bonds. The van der Waals surface area contributed by atoms with E-state index in [2.05, 4.69) is 145 Å². The van der Waals surface area contributed by atoms with Crippen molar-refractivity contribution in [1.29, 1.82) is 0 Å². The zero-order valence-corrected chi connectivity index (χ0v) is 40.9. The Morgan fingerprint density at radius 1 is 0.794 bits per heavy atom. The summed E-state index contributed by atoms with van der Waals surface area (Å²) in [5.41, 5.74) is 12.3. The zero-order valence-electron chi connectivity index (χ0n) is 40.9. The summed E-state index contributed by atoms with van der Waals surface area (Å²) in [5, 5.41) is 5.65. The van der Waals surface area contributed by atoms with E-state index in [9.17, 15) is 0 Å². The Labute approximate surface area is 401 Å². The largest absolute Gasteiger partial charge is 0.456 e. The van der Waals surface area contributed by atoms with Crippen LogP contribution >= 0.6 is 0 Å². The number of allylic oxidation sites excluding steroid dienone is 4. The van der Waals surface area contributed by atoms with Crippen molar-refractivity contribution in [2.75, 3.05) is 13.7 Å². The molecular formula is C60H63N7O. The van der Waals surface area contributed by atoms with Crippen molar-refractivity contribution in [3.8, 4) is 17.2 Å². The quantitative estimate of drug-likeness (QED) is 0.0864. The van der Waals surface area contributed by atoms with Gasteiger partial charge in [-0.3, -0.25) is 14.6 Å². The predicted octanol–water partition coefficient (Wildman–Crippen LogP) is 13.8. The molecule has 8 heteroatoms. The molecular weight excluding hydrogens is 835 g/mol. The maximum Gasteiger partial charge on any atom is 0.161 e. The molecule has 2 bridgehead atoms. The second-order valence-electron chi connectivity index (χ2n) is 15.2. The highest BCUT2D eigenvalue weighted by molar-refractivity contribution is 6.06. The van der Waals surface area contributed by atoms with Crippen LogP contribution in [0.1, 0.15) is 71.1 Å². The van der Waals surface area contributed by atoms with Crippen molar-refractivity contribution in [3.05, 3.63) is 209 Å². The number of aliphatic imine (C=N–C) groups is 3. The van der Waals surface area contributed by atoms with Crippen molar-refractivity contribution >= 4 is 63.4 Å². The first-order valence-electron chi connectivity index (χ1n) is 23.5. The molecule has 8 aromatic rings. The van der Waals surface area contributed by atoms with Gasteiger partial charge in [0.1, 0.15) is 23.7 Å². The van der Waals surface area contributed by atoms with Crippen LogP contribution in [0.4, 0.5) is 0 Å². The molecule has 68 heavy (non-hydrogen) atoms. The first kappa shape index (κ1) is 49.5. The molecule has 0 N–H and O–H groups in total. The van der Waals surface area contributed by atoms with Crippen LogP contribution in [0.15, 0.2) is 201 Å². The van der Waals surface area contributed by atoms with Crippen molar-refractivity contribution in [3.63, 3.8) is 0 Å². The number of furan rings is 1. The number of rotatable bonds is 8. The number of benzene rings is 5. The monoisotopic (exact) mass is 898 g/mol. The molecule has 1 aliphatic heterocycles. The van der Waals surface area contributed by atoms with Gasteiger partial charge in [-0.1, -0.05) is 143 Å². The number of aryl methyl sites for hydroxylation is 1. The van der Waals surface area contributed by atoms with Crippen molar-refractivity contribution in [1.82, 2.24) is 19.4 Å². The number of hydrogen-bond donors (Lipinski definition) is 0. The first-order valence-corrected chi connectivity index (χ1v) is 23.5. The molecule has 0 radical (unpaired) electrons. The average molecular weight is 898 g/mol. The van der Waals surface area contributed by atoms with Crippen LogP contribution in [0, 0.1) is 6.92 Å². The van der Waals surface area contributed by atoms with Crippen LogP contribution in [0.2, 0.25) is 0 Å². The van der Waals surface area contributed by atoms with Gasteiger partial charge in [0.2, 0.25) is 0 Å². The molecule has 344 valence electrons. The number of amidine groups is 1. The Morgan fingerprint density at radius 2 is 1.51 bits per heavy atom. The first-order chi connectivity index (χ1) is 33.5. The van der Waals surface area contributed by atoms with E-state index in [-0.39, 0.29) is 0 Å². The molecule has 0 saturated heterocycles. The number of para-hydroxylation sites is 2. The SMILES string of the molecule is C/C=C\C1=C(CC)C2=CC=c3c(c4ccccc4n3-c3ccnc(-c4ccc5oc6ccccc6c5c4)n3)=C(C2)N1C/N=C/c1cccc(C)c1.C=C.C=NC(=NC)c1ccccc1.CC.CC. The molecule has 2 aliphatic rings. The van der Waals surface area contributed by atoms with Crippen LogP contribution in [0.25, 0.3) is 61.8 Å². The van der Waals surface area contributed by atoms with Crippen molar-refractivity contribution in [2.45, 2.75) is 61.3 Å². The van der Waals surface area contributed by atoms with E-state index in [1.54, 1.807) is 7.05 Å². The lowest BCUT2D eigenvalue weighted by Gasteiger charge is -2.35. The van der Waals surface area contributed by atoms with Gasteiger partial charge in [-0.15, -0.1) is 13.2 Å². The normalized spacial score (nSPS) is 13.0. The Hall–Kier alpha value is -7.97. The van der Waals surface area contributed by atoms with Gasteiger partial charge >= 0.3 is 0 Å². The van der Waals surface area contributed by atoms with E-state index >= 15 is 0 Å². The zero-order chi connectivity index (χ0) is 48.6. The second kappa shape index (κ2) is 24.0. The Balaban J connectivity index is 0.000000387. The molecule has 4 heterocycles. The highest BCUT2D eigenvalue weighted by Gasteiger charge is 2.28. The van der Waals surface area contributed by atoms with Gasteiger partial charge in [0.25, 0.3) is 0 Å². The summed E-state index contributed by atoms with van der Waals surface area (Å²) in [6, 6.07) is 43.3. The van der Waals surface area contributed by atoms with Crippen molar-refractivity contribution in [2.24, 2.45) is 15.0 Å². The van der Waals surface area contributed by atoms with Crippen LogP contribution in [0.3, 0.4) is 0 Å². The summed E-state index contributed by atoms with van der Waals surface area (Å²) < 4.78 is 8.40. The van der Waals surface area contributed by atoms with Crippen LogP contribution < -0.4 is 10.6 Å². The maximum absolute atomic E-state index is 6.10. The minimum absolute atomic E-state index is 0.515. The summed E-state index contributed by atoms with van der Waals surface area (Å²) in [4.78, 5) is 25.2. The van der Waals surface area contributed by atoms with Gasteiger partial charge in [-0.25, -0.2) is 15.0 Å². The maximum atomic E-state index is 6.10. The molecule has 5 aromatic carbocycles. The lowest BCUT2D eigenvalue weighted by molar-refractivity contribution is 0.486. The Morgan fingerprint density at radius 3 is 2.24 bits per heavy atom. The molecule has 8 nitrogen and oxygen atoms in total. The van der Waals surface area contributed by atoms with E-state index in [1.807, 2.05) is 107 Å². The summed E-state index contributed by atoms with van der Waals surface area (Å²) in [5.74, 6) is 2.18. The summed E-state index contributed by atoms with van der Waals surface area (Å²) >= 11 is 0. The molecule has 0 atom stereocenters. The van der Waals surface area contributed by atoms with Gasteiger partial charge < -0.3 is 9.32 Å². The summed E-state index contributed by atoms with van der Waals surface area (Å²) in [6.45, 7) is 24.4. The lowest BCUT2D eigenvalue weighted by Crippen LogP contribution is -2.37. The Bertz CT molecular complexity index is 3310. The third kappa shape index (κ3) is 10.4. The van der Waals surface area contributed by atoms with Crippen LogP contribution in [-0.2, 0) is 0 Å². The number of hydrogen-bond acceptors (Lipinski definition) is 6. The standard InChI is InChI=1S/C45H37N5O.C9H10N2.2C2H6.C2H4/c1-4-11-37-33(5-2)31-18-20-39-44(40(26-31)49(37)28-46-27-30-13-10-12-29(3)24-30)35-15-6-8-16-38(35)50(39)43-22-23-47-45(48-43)32-19-21-42-36(25-32)34-14-7-9-17-41(34)51-42;1-10-9(11-2)8-6-4-3-5-7-8;3*1-2/h4,6-25,27H,5,26,28H2,1-3H3;3-7H,1H2,2H3;2*1-2H3;1-2H2/b11-4-,46-27+;;;;. The highest BCUT2D eigenvalue weighted by Crippen LogP contribution is 2.38. The van der Waals surface area contributed by atoms with Gasteiger partial charge in [0.05, 0.1) is 10.9 Å². The minimum atomic E-state index is 0.515. The van der Waals surface area contributed by atoms with Crippen LogP contribution in [-0.4, -0.2) is 51.9 Å². The average Bonchev–Trinajstić information content (AvgIpc) is 3.88. The summed E-state index contributed by atoms with van der Waals surface area (Å²) in [6.07, 6.45) is 14.6. The fourth-order valence-corrected chi connectivity index (χ4v) is 8.64. The number of nitrogens with zero attached hydrogens (tertiary/aromatic N) is 7. The van der Waals surface area contributed by atoms with E-state index in [1.165, 1.54) is 38.7 Å². The van der Waals surface area contributed by atoms with E-state index in [0.29, 0.717) is 18.3 Å². The third-order valence-electron chi connectivity index (χ3n) is 11.4. The van der Waals surface area contributed by atoms with Gasteiger partial charge in [-0.2, -0.15) is 0 Å². The van der Waals surface area contributed by atoms with Gasteiger partial charge in [0.15, 0.2) is 11.7 Å². The predicted molar refractivity (Wildman–Crippen MR) is 291 cm³/mol. The van der Waals surface area contributed by atoms with Gasteiger partial charge in [-0.05, 0) is 92.2 Å². The molecule has 1 aliphatic carbocycles. The topological polar surface area (TPSA) is 84.2 Å². The summed E-state index contributed by atoms with van der Waals surface area (Å²) in [7, 11) is 1.71. The number of aromatic nitrogens is 3. The van der Waals surface area contributed by atoms with Gasteiger partial charge in [0, 0.05) is 69.8 Å².